The topological polar surface area (TPSA) is 193 Å². The largest absolute Gasteiger partial charge is 0.453 e. The molecule has 0 spiro atoms. The Hall–Kier alpha value is -6.98. The zero-order valence-corrected chi connectivity index (χ0v) is 38.5. The molecule has 4 aromatic carbocycles. The van der Waals surface area contributed by atoms with Crippen LogP contribution in [0.25, 0.3) is 33.5 Å². The van der Waals surface area contributed by atoms with Gasteiger partial charge in [0.15, 0.2) is 5.69 Å². The third kappa shape index (κ3) is 8.60. The van der Waals surface area contributed by atoms with Gasteiger partial charge in [-0.15, -0.1) is 0 Å². The number of aromatic nitrogens is 2. The second-order valence-electron chi connectivity index (χ2n) is 18.3. The van der Waals surface area contributed by atoms with E-state index in [0.29, 0.717) is 89.9 Å². The van der Waals surface area contributed by atoms with Crippen LogP contribution >= 0.6 is 0 Å². The summed E-state index contributed by atoms with van der Waals surface area (Å²) in [7, 11) is 2.50. The summed E-state index contributed by atoms with van der Waals surface area (Å²) < 4.78 is 48.5. The normalized spacial score (nSPS) is 19.5. The Bertz CT molecular complexity index is 2790. The molecule has 0 radical (unpaired) electrons. The molecule has 354 valence electrons. The quantitative estimate of drug-likeness (QED) is 0.0792. The van der Waals surface area contributed by atoms with E-state index < -0.39 is 41.8 Å². The van der Waals surface area contributed by atoms with E-state index in [1.807, 2.05) is 68.6 Å². The lowest BCUT2D eigenvalue weighted by Crippen LogP contribution is -2.87. The molecule has 4 atom stereocenters. The predicted octanol–water partition coefficient (Wildman–Crippen LogP) is 7.55. The molecule has 0 saturated carbocycles. The molecule has 2 fully saturated rings. The Morgan fingerprint density at radius 2 is 1.50 bits per heavy atom. The number of alkyl carbamates (subject to hydrolysis) is 2. The van der Waals surface area contributed by atoms with Crippen LogP contribution in [-0.4, -0.2) is 90.3 Å². The second kappa shape index (κ2) is 18.6. The predicted molar refractivity (Wildman–Crippen MR) is 249 cm³/mol. The summed E-state index contributed by atoms with van der Waals surface area (Å²) in [5.41, 5.74) is 4.39. The highest BCUT2D eigenvalue weighted by molar-refractivity contribution is 5.98. The van der Waals surface area contributed by atoms with Crippen molar-refractivity contribution in [2.45, 2.75) is 76.0 Å². The first-order chi connectivity index (χ1) is 32.7. The van der Waals surface area contributed by atoms with Gasteiger partial charge in [0.25, 0.3) is 11.8 Å². The number of carbonyl (C=O) groups is 4. The van der Waals surface area contributed by atoms with Gasteiger partial charge in [-0.25, -0.2) is 14.6 Å². The van der Waals surface area contributed by atoms with E-state index in [2.05, 4.69) is 25.9 Å². The molecule has 4 aliphatic rings. The van der Waals surface area contributed by atoms with E-state index in [1.54, 1.807) is 47.5 Å². The Morgan fingerprint density at radius 1 is 0.853 bits per heavy atom. The van der Waals surface area contributed by atoms with E-state index in [0.717, 1.165) is 17.7 Å². The van der Waals surface area contributed by atoms with Crippen molar-refractivity contribution in [2.24, 2.45) is 16.8 Å². The minimum absolute atomic E-state index is 0.0998. The van der Waals surface area contributed by atoms with Crippen LogP contribution in [-0.2, 0) is 29.7 Å². The monoisotopic (exact) mass is 929 g/mol. The highest BCUT2D eigenvalue weighted by Gasteiger charge is 2.50. The molecule has 17 heteroatoms. The van der Waals surface area contributed by atoms with Gasteiger partial charge in [0, 0.05) is 42.5 Å². The lowest BCUT2D eigenvalue weighted by Gasteiger charge is -2.35. The summed E-state index contributed by atoms with van der Waals surface area (Å²) >= 11 is 0. The second-order valence-corrected chi connectivity index (χ2v) is 18.3. The fraction of sp³-hybridized carbons (Fsp3) is 0.373. The number of H-pyrrole nitrogens is 1. The molecule has 2 saturated heterocycles. The van der Waals surface area contributed by atoms with Crippen LogP contribution in [0.3, 0.4) is 0 Å². The summed E-state index contributed by atoms with van der Waals surface area (Å²) in [6, 6.07) is 22.4. The highest BCUT2D eigenvalue weighted by atomic mass is 19.3. The number of quaternary nitrogens is 1. The first kappa shape index (κ1) is 46.1. The molecular weight excluding hydrogens is 875 g/mol. The highest BCUT2D eigenvalue weighted by Crippen LogP contribution is 2.53. The van der Waals surface area contributed by atoms with Gasteiger partial charge in [-0.05, 0) is 90.5 Å². The number of fused-ring (bicyclic) bond motifs is 4. The number of halogens is 2. The lowest BCUT2D eigenvalue weighted by atomic mass is 9.90. The Kier molecular flexibility index (Phi) is 12.6. The SMILES string of the molecule is COC(=O)NC(C(=O)N1CCCC1(C)C1=Nc2ccc(-c3ccc4c(c3)C(F)(F)c3cc(-c5cnc(C(NC(=O)C(NC(=O)OC)C6CCOCC6)C(C)C)[nH]5)ccc3-4)cc2[NH2+]1)c1ccccc1. The van der Waals surface area contributed by atoms with Crippen LogP contribution in [0.1, 0.15) is 81.1 Å². The Balaban J connectivity index is 0.916. The standard InChI is InChI=1S/C51H54F2N8O7/c1-28(2)41(58-45(62)42(59-48(64)66-4)30-18-22-68-23-19-30)44-54-27-40(55-44)33-13-16-35-34-15-12-31(24-36(34)51(52,53)37(35)25-33)32-14-17-38-39(26-32)57-47(56-38)50(3)20-9-21-61(50)46(63)43(60-49(65)67-5)29-10-7-6-8-11-29/h6-8,10-17,24-28,30,41-43H,9,18-23H2,1-5H3,(H,54,55)(H,56,57)(H,58,62)(H,59,64)(H,60,65)/p+1. The van der Waals surface area contributed by atoms with Crippen molar-refractivity contribution < 1.29 is 47.5 Å². The van der Waals surface area contributed by atoms with E-state index in [4.69, 9.17) is 19.2 Å². The van der Waals surface area contributed by atoms with Crippen LogP contribution in [0.4, 0.5) is 29.7 Å². The third-order valence-electron chi connectivity index (χ3n) is 13.8. The number of amides is 4. The smallest absolute Gasteiger partial charge is 0.407 e. The van der Waals surface area contributed by atoms with Crippen LogP contribution < -0.4 is 21.3 Å². The number of methoxy groups -OCH3 is 2. The van der Waals surface area contributed by atoms with Crippen LogP contribution in [0.15, 0.2) is 96.1 Å². The third-order valence-corrected chi connectivity index (χ3v) is 13.8. The fourth-order valence-electron chi connectivity index (χ4n) is 10.0. The van der Waals surface area contributed by atoms with Crippen LogP contribution in [0.2, 0.25) is 0 Å². The maximum absolute atomic E-state index is 16.7. The number of amidine groups is 1. The molecule has 4 amide bonds. The lowest BCUT2D eigenvalue weighted by molar-refractivity contribution is -0.446. The van der Waals surface area contributed by atoms with Crippen molar-refractivity contribution in [1.82, 2.24) is 30.8 Å². The molecular formula is C51H55F2N8O7+. The Labute approximate surface area is 392 Å². The number of rotatable bonds is 12. The van der Waals surface area contributed by atoms with Gasteiger partial charge in [0.05, 0.1) is 32.2 Å². The number of imidazole rings is 1. The molecule has 3 aliphatic heterocycles. The summed E-state index contributed by atoms with van der Waals surface area (Å²) in [4.78, 5) is 67.3. The van der Waals surface area contributed by atoms with Crippen molar-refractivity contribution in [3.8, 4) is 33.5 Å². The molecule has 6 N–H and O–H groups in total. The number of nitrogens with zero attached hydrogens (tertiary/aromatic N) is 3. The maximum atomic E-state index is 16.7. The number of aliphatic imine (C=N–C) groups is 1. The van der Waals surface area contributed by atoms with Crippen LogP contribution in [0, 0.1) is 11.8 Å². The van der Waals surface area contributed by atoms with Gasteiger partial charge in [-0.3, -0.25) is 14.9 Å². The van der Waals surface area contributed by atoms with Gasteiger partial charge >= 0.3 is 12.2 Å². The van der Waals surface area contributed by atoms with Gasteiger partial charge in [-0.1, -0.05) is 74.5 Å². The number of hydrogen-bond acceptors (Lipinski definition) is 9. The average molecular weight is 930 g/mol. The van der Waals surface area contributed by atoms with E-state index >= 15 is 8.78 Å². The van der Waals surface area contributed by atoms with E-state index in [9.17, 15) is 19.2 Å². The average Bonchev–Trinajstić information content (AvgIpc) is 4.16. The molecule has 1 aliphatic carbocycles. The molecule has 1 aromatic heterocycles. The number of likely N-dealkylation sites (tertiary alicyclic amines) is 1. The van der Waals surface area contributed by atoms with Gasteiger partial charge in [0.2, 0.25) is 11.7 Å². The number of hydrogen-bond donors (Lipinski definition) is 5. The zero-order valence-electron chi connectivity index (χ0n) is 38.5. The Morgan fingerprint density at radius 3 is 2.19 bits per heavy atom. The molecule has 5 aromatic rings. The summed E-state index contributed by atoms with van der Waals surface area (Å²) in [6.07, 6.45) is 2.74. The van der Waals surface area contributed by atoms with Crippen molar-refractivity contribution in [3.05, 3.63) is 114 Å². The first-order valence-electron chi connectivity index (χ1n) is 22.9. The summed E-state index contributed by atoms with van der Waals surface area (Å²) in [5, 5.41) is 10.4. The number of benzene rings is 4. The van der Waals surface area contributed by atoms with E-state index in [-0.39, 0.29) is 34.8 Å². The molecule has 4 unspecified atom stereocenters. The van der Waals surface area contributed by atoms with Gasteiger partial charge in [0.1, 0.15) is 29.1 Å². The summed E-state index contributed by atoms with van der Waals surface area (Å²) in [5.74, 6) is -3.09. The number of nitrogens with two attached hydrogens (primary N) is 1. The van der Waals surface area contributed by atoms with Crippen molar-refractivity contribution in [1.29, 1.82) is 0 Å². The molecule has 9 rings (SSSR count). The molecule has 0 bridgehead atoms. The zero-order chi connectivity index (χ0) is 47.9. The van der Waals surface area contributed by atoms with Gasteiger partial charge < -0.3 is 40.0 Å². The summed E-state index contributed by atoms with van der Waals surface area (Å²) in [6.45, 7) is 7.28. The fourth-order valence-corrected chi connectivity index (χ4v) is 10.0. The number of carbonyl (C=O) groups excluding carboxylic acids is 4. The van der Waals surface area contributed by atoms with Crippen molar-refractivity contribution >= 4 is 41.2 Å². The number of ether oxygens (including phenoxy) is 3. The minimum atomic E-state index is -3.31. The molecule has 15 nitrogen and oxygen atoms in total. The minimum Gasteiger partial charge on any atom is -0.453 e. The number of nitrogens with one attached hydrogen (secondary N) is 4. The maximum Gasteiger partial charge on any atom is 0.407 e. The van der Waals surface area contributed by atoms with Crippen molar-refractivity contribution in [2.75, 3.05) is 34.0 Å². The van der Waals surface area contributed by atoms with E-state index in [1.165, 1.54) is 20.3 Å². The molecule has 68 heavy (non-hydrogen) atoms. The number of aromatic amines is 1. The number of alkyl halides is 2. The first-order valence-corrected chi connectivity index (χ1v) is 22.9. The molecule has 4 heterocycles. The van der Waals surface area contributed by atoms with Crippen LogP contribution in [0.5, 0.6) is 0 Å². The van der Waals surface area contributed by atoms with Gasteiger partial charge in [-0.2, -0.15) is 13.8 Å². The van der Waals surface area contributed by atoms with Crippen molar-refractivity contribution in [3.63, 3.8) is 0 Å².